The highest BCUT2D eigenvalue weighted by Crippen LogP contribution is 2.43. The third-order valence-corrected chi connectivity index (χ3v) is 10.6. The Morgan fingerprint density at radius 1 is 0.673 bits per heavy atom. The Balaban J connectivity index is 1.22. The van der Waals surface area contributed by atoms with E-state index in [0.717, 1.165) is 75.1 Å². The van der Waals surface area contributed by atoms with Crippen molar-refractivity contribution in [3.63, 3.8) is 0 Å². The van der Waals surface area contributed by atoms with E-state index in [-0.39, 0.29) is 5.56 Å². The number of tetrazole rings is 1. The average Bonchev–Trinajstić information content (AvgIpc) is 3.73. The van der Waals surface area contributed by atoms with Crippen LogP contribution in [0.1, 0.15) is 73.2 Å². The van der Waals surface area contributed by atoms with E-state index in [1.807, 2.05) is 51.7 Å². The summed E-state index contributed by atoms with van der Waals surface area (Å²) < 4.78 is 3.84. The number of fused-ring (bicyclic) bond motifs is 1. The summed E-state index contributed by atoms with van der Waals surface area (Å²) in [5.41, 5.74) is 8.14. The molecule has 0 unspecified atom stereocenters. The molecule has 0 fully saturated rings. The van der Waals surface area contributed by atoms with Crippen LogP contribution in [0.15, 0.2) is 163 Å². The second kappa shape index (κ2) is 15.5. The van der Waals surface area contributed by atoms with Gasteiger partial charge < -0.3 is 0 Å². The van der Waals surface area contributed by atoms with Gasteiger partial charge in [0.25, 0.3) is 5.56 Å². The van der Waals surface area contributed by atoms with Gasteiger partial charge in [-0.05, 0) is 73.8 Å². The third kappa shape index (κ3) is 6.67. The van der Waals surface area contributed by atoms with Gasteiger partial charge >= 0.3 is 0 Å². The van der Waals surface area contributed by atoms with E-state index < -0.39 is 5.54 Å². The van der Waals surface area contributed by atoms with Gasteiger partial charge in [0.1, 0.15) is 11.4 Å². The first-order valence-electron chi connectivity index (χ1n) is 19.2. The molecule has 0 N–H and O–H groups in total. The standard InChI is InChI=1S/C48H44N6O/c1-4-5-25-45-49-44-31-30-37(34(2)3)32-43(44)47(55)53(45)33-35-26-28-36(29-27-35)41-23-15-16-24-42(41)46-50-51-52-54(46)48(38-17-9-6-10-18-38,39-19-11-7-12-20-39)40-21-13-8-14-22-40/h6-24,26-32,34H,4-5,25,33H2,1-3H3. The van der Waals surface area contributed by atoms with Crippen LogP contribution in [0.25, 0.3) is 33.4 Å². The molecule has 55 heavy (non-hydrogen) atoms. The molecule has 272 valence electrons. The molecule has 0 saturated carbocycles. The molecule has 0 spiro atoms. The molecule has 0 bridgehead atoms. The minimum Gasteiger partial charge on any atom is -0.292 e. The van der Waals surface area contributed by atoms with Crippen molar-refractivity contribution in [1.29, 1.82) is 0 Å². The normalized spacial score (nSPS) is 11.7. The van der Waals surface area contributed by atoms with Crippen LogP contribution >= 0.6 is 0 Å². The zero-order chi connectivity index (χ0) is 37.8. The molecule has 0 aliphatic rings. The highest BCUT2D eigenvalue weighted by Gasteiger charge is 2.42. The predicted octanol–water partition coefficient (Wildman–Crippen LogP) is 10.1. The molecule has 0 atom stereocenters. The van der Waals surface area contributed by atoms with Crippen molar-refractivity contribution >= 4 is 10.9 Å². The summed E-state index contributed by atoms with van der Waals surface area (Å²) in [6.45, 7) is 6.91. The maximum atomic E-state index is 14.1. The monoisotopic (exact) mass is 720 g/mol. The minimum atomic E-state index is -0.869. The van der Waals surface area contributed by atoms with E-state index in [2.05, 4.69) is 141 Å². The highest BCUT2D eigenvalue weighted by atomic mass is 16.1. The van der Waals surface area contributed by atoms with Crippen LogP contribution in [0, 0.1) is 0 Å². The fourth-order valence-electron chi connectivity index (χ4n) is 7.72. The highest BCUT2D eigenvalue weighted by molar-refractivity contribution is 5.81. The van der Waals surface area contributed by atoms with Crippen molar-refractivity contribution in [2.45, 2.75) is 58.0 Å². The van der Waals surface area contributed by atoms with E-state index >= 15 is 0 Å². The lowest BCUT2D eigenvalue weighted by Crippen LogP contribution is -2.39. The Hall–Kier alpha value is -6.47. The zero-order valence-electron chi connectivity index (χ0n) is 31.5. The fourth-order valence-corrected chi connectivity index (χ4v) is 7.72. The van der Waals surface area contributed by atoms with E-state index in [4.69, 9.17) is 15.3 Å². The molecule has 2 aromatic heterocycles. The molecular formula is C48H44N6O. The molecule has 7 nitrogen and oxygen atoms in total. The van der Waals surface area contributed by atoms with Gasteiger partial charge in [0.2, 0.25) is 0 Å². The van der Waals surface area contributed by atoms with E-state index in [1.54, 1.807) is 0 Å². The number of aromatic nitrogens is 6. The second-order valence-electron chi connectivity index (χ2n) is 14.4. The van der Waals surface area contributed by atoms with Crippen molar-refractivity contribution in [1.82, 2.24) is 29.8 Å². The summed E-state index contributed by atoms with van der Waals surface area (Å²) in [5.74, 6) is 1.80. The maximum absolute atomic E-state index is 14.1. The molecule has 8 rings (SSSR count). The Morgan fingerprint density at radius 2 is 1.25 bits per heavy atom. The topological polar surface area (TPSA) is 78.5 Å². The Morgan fingerprint density at radius 3 is 1.84 bits per heavy atom. The predicted molar refractivity (Wildman–Crippen MR) is 221 cm³/mol. The van der Waals surface area contributed by atoms with Gasteiger partial charge in [-0.1, -0.05) is 173 Å². The van der Waals surface area contributed by atoms with E-state index in [0.29, 0.717) is 23.7 Å². The van der Waals surface area contributed by atoms with Crippen molar-refractivity contribution in [3.8, 4) is 22.5 Å². The fraction of sp³-hybridized carbons (Fsp3) is 0.188. The van der Waals surface area contributed by atoms with Crippen molar-refractivity contribution < 1.29 is 0 Å². The largest absolute Gasteiger partial charge is 0.292 e. The lowest BCUT2D eigenvalue weighted by Gasteiger charge is -2.36. The SMILES string of the molecule is CCCCc1nc2ccc(C(C)C)cc2c(=O)n1Cc1ccc(-c2ccccc2-c2nnnn2C(c2ccccc2)(c2ccccc2)c2ccccc2)cc1. The summed E-state index contributed by atoms with van der Waals surface area (Å²) in [6, 6.07) is 54.2. The van der Waals surface area contributed by atoms with Gasteiger partial charge in [-0.15, -0.1) is 5.10 Å². The lowest BCUT2D eigenvalue weighted by atomic mass is 9.77. The van der Waals surface area contributed by atoms with Gasteiger partial charge in [0, 0.05) is 12.0 Å². The van der Waals surface area contributed by atoms with Gasteiger partial charge in [0.15, 0.2) is 5.82 Å². The van der Waals surface area contributed by atoms with E-state index in [9.17, 15) is 4.79 Å². The van der Waals surface area contributed by atoms with Crippen LogP contribution < -0.4 is 5.56 Å². The molecular weight excluding hydrogens is 677 g/mol. The van der Waals surface area contributed by atoms with Gasteiger partial charge in [0.05, 0.1) is 17.4 Å². The first kappa shape index (κ1) is 35.6. The number of aryl methyl sites for hydroxylation is 1. The van der Waals surface area contributed by atoms with Gasteiger partial charge in [-0.2, -0.15) is 0 Å². The third-order valence-electron chi connectivity index (χ3n) is 10.6. The smallest absolute Gasteiger partial charge is 0.261 e. The molecule has 6 aromatic carbocycles. The van der Waals surface area contributed by atoms with Crippen LogP contribution in [0.3, 0.4) is 0 Å². The lowest BCUT2D eigenvalue weighted by molar-refractivity contribution is 0.451. The van der Waals surface area contributed by atoms with Gasteiger partial charge in [-0.3, -0.25) is 9.36 Å². The van der Waals surface area contributed by atoms with Crippen molar-refractivity contribution in [3.05, 3.63) is 202 Å². The zero-order valence-corrected chi connectivity index (χ0v) is 31.5. The molecule has 0 radical (unpaired) electrons. The molecule has 0 amide bonds. The van der Waals surface area contributed by atoms with Crippen LogP contribution in [0.2, 0.25) is 0 Å². The van der Waals surface area contributed by atoms with Crippen LogP contribution in [-0.2, 0) is 18.5 Å². The summed E-state index contributed by atoms with van der Waals surface area (Å²) in [5, 5.41) is 14.5. The molecule has 0 saturated heterocycles. The molecule has 2 heterocycles. The number of unbranched alkanes of at least 4 members (excludes halogenated alkanes) is 1. The van der Waals surface area contributed by atoms with Crippen LogP contribution in [-0.4, -0.2) is 29.8 Å². The molecule has 0 aliphatic carbocycles. The van der Waals surface area contributed by atoms with Crippen LogP contribution in [0.4, 0.5) is 0 Å². The number of hydrogen-bond acceptors (Lipinski definition) is 5. The summed E-state index contributed by atoms with van der Waals surface area (Å²) in [6.07, 6.45) is 2.75. The summed E-state index contributed by atoms with van der Waals surface area (Å²) >= 11 is 0. The van der Waals surface area contributed by atoms with Crippen LogP contribution in [0.5, 0.6) is 0 Å². The quantitative estimate of drug-likeness (QED) is 0.117. The number of hydrogen-bond donors (Lipinski definition) is 0. The van der Waals surface area contributed by atoms with Crippen molar-refractivity contribution in [2.75, 3.05) is 0 Å². The number of rotatable bonds is 12. The summed E-state index contributed by atoms with van der Waals surface area (Å²) in [4.78, 5) is 19.1. The minimum absolute atomic E-state index is 0.0126. The van der Waals surface area contributed by atoms with Crippen molar-refractivity contribution in [2.24, 2.45) is 0 Å². The first-order chi connectivity index (χ1) is 27.0. The second-order valence-corrected chi connectivity index (χ2v) is 14.4. The Bertz CT molecular complexity index is 2500. The number of benzene rings is 6. The van der Waals surface area contributed by atoms with E-state index in [1.165, 1.54) is 0 Å². The van der Waals surface area contributed by atoms with Gasteiger partial charge in [-0.25, -0.2) is 9.67 Å². The molecule has 7 heteroatoms. The Kier molecular flexibility index (Phi) is 10.0. The first-order valence-corrected chi connectivity index (χ1v) is 19.2. The average molecular weight is 721 g/mol. The number of nitrogens with zero attached hydrogens (tertiary/aromatic N) is 6. The molecule has 8 aromatic rings. The maximum Gasteiger partial charge on any atom is 0.261 e. The Labute approximate surface area is 322 Å². The molecule has 0 aliphatic heterocycles. The summed E-state index contributed by atoms with van der Waals surface area (Å²) in [7, 11) is 0.